The summed E-state index contributed by atoms with van der Waals surface area (Å²) in [5.41, 5.74) is 0. The van der Waals surface area contributed by atoms with Gasteiger partial charge in [0.2, 0.25) is 5.91 Å². The zero-order valence-corrected chi connectivity index (χ0v) is 15.2. The zero-order chi connectivity index (χ0) is 16.6. The van der Waals surface area contributed by atoms with Crippen LogP contribution in [0.5, 0.6) is 0 Å². The molecule has 23 heavy (non-hydrogen) atoms. The summed E-state index contributed by atoms with van der Waals surface area (Å²) in [4.78, 5) is 11.8. The van der Waals surface area contributed by atoms with Crippen molar-refractivity contribution in [3.8, 4) is 0 Å². The van der Waals surface area contributed by atoms with Crippen molar-refractivity contribution in [2.75, 3.05) is 26.2 Å². The maximum Gasteiger partial charge on any atom is 0.250 e. The number of ether oxygens (including phenoxy) is 1. The standard InChI is InChI=1S/C19H38N2O2/c1-2-3-4-5-6-7-8-9-10-11-12-13-14-21-19(22)18-17-20-15-16-23-18/h18,20H,2-17H2,1H3,(H,21,22)/t18-/m0/s1. The van der Waals surface area contributed by atoms with Crippen molar-refractivity contribution in [3.63, 3.8) is 0 Å². The lowest BCUT2D eigenvalue weighted by molar-refractivity contribution is -0.134. The molecule has 0 aliphatic carbocycles. The van der Waals surface area contributed by atoms with Gasteiger partial charge < -0.3 is 15.4 Å². The molecule has 1 aliphatic rings. The molecule has 1 rings (SSSR count). The predicted molar refractivity (Wildman–Crippen MR) is 96.7 cm³/mol. The highest BCUT2D eigenvalue weighted by molar-refractivity contribution is 5.81. The predicted octanol–water partition coefficient (Wildman–Crippen LogP) is 3.79. The van der Waals surface area contributed by atoms with Crippen LogP contribution in [-0.4, -0.2) is 38.3 Å². The van der Waals surface area contributed by atoms with Gasteiger partial charge in [0, 0.05) is 19.6 Å². The van der Waals surface area contributed by atoms with E-state index in [-0.39, 0.29) is 12.0 Å². The SMILES string of the molecule is CCCCCCCCCCCCCCNC(=O)[C@@H]1CNCCO1. The van der Waals surface area contributed by atoms with E-state index in [2.05, 4.69) is 17.6 Å². The minimum absolute atomic E-state index is 0.0419. The highest BCUT2D eigenvalue weighted by Crippen LogP contribution is 2.11. The Labute approximate surface area is 143 Å². The van der Waals surface area contributed by atoms with Crippen molar-refractivity contribution in [2.45, 2.75) is 90.1 Å². The highest BCUT2D eigenvalue weighted by atomic mass is 16.5. The first-order valence-electron chi connectivity index (χ1n) is 9.94. The van der Waals surface area contributed by atoms with E-state index in [9.17, 15) is 4.79 Å². The molecule has 2 N–H and O–H groups in total. The van der Waals surface area contributed by atoms with Crippen molar-refractivity contribution in [1.29, 1.82) is 0 Å². The average Bonchev–Trinajstić information content (AvgIpc) is 2.59. The zero-order valence-electron chi connectivity index (χ0n) is 15.2. The van der Waals surface area contributed by atoms with Gasteiger partial charge in [-0.25, -0.2) is 0 Å². The fourth-order valence-corrected chi connectivity index (χ4v) is 3.03. The number of rotatable bonds is 14. The van der Waals surface area contributed by atoms with Gasteiger partial charge >= 0.3 is 0 Å². The Morgan fingerprint density at radius 3 is 2.04 bits per heavy atom. The summed E-state index contributed by atoms with van der Waals surface area (Å²) in [5, 5.41) is 6.16. The lowest BCUT2D eigenvalue weighted by Crippen LogP contribution is -2.48. The van der Waals surface area contributed by atoms with Crippen molar-refractivity contribution in [1.82, 2.24) is 10.6 Å². The molecular formula is C19H38N2O2. The second kappa shape index (κ2) is 14.9. The van der Waals surface area contributed by atoms with Gasteiger partial charge in [-0.05, 0) is 6.42 Å². The Balaban J connectivity index is 1.76. The van der Waals surface area contributed by atoms with Crippen molar-refractivity contribution < 1.29 is 9.53 Å². The lowest BCUT2D eigenvalue weighted by atomic mass is 10.1. The van der Waals surface area contributed by atoms with Crippen LogP contribution in [0, 0.1) is 0 Å². The maximum absolute atomic E-state index is 11.8. The van der Waals surface area contributed by atoms with E-state index in [1.165, 1.54) is 70.6 Å². The molecule has 4 nitrogen and oxygen atoms in total. The minimum Gasteiger partial charge on any atom is -0.366 e. The summed E-state index contributed by atoms with van der Waals surface area (Å²) >= 11 is 0. The molecule has 0 saturated carbocycles. The number of amides is 1. The van der Waals surface area contributed by atoms with Crippen LogP contribution in [-0.2, 0) is 9.53 Å². The van der Waals surface area contributed by atoms with E-state index in [1.807, 2.05) is 0 Å². The Morgan fingerprint density at radius 2 is 1.52 bits per heavy atom. The molecule has 0 spiro atoms. The molecule has 0 aromatic carbocycles. The molecule has 1 heterocycles. The van der Waals surface area contributed by atoms with E-state index in [4.69, 9.17) is 4.74 Å². The Morgan fingerprint density at radius 1 is 0.957 bits per heavy atom. The third-order valence-corrected chi connectivity index (χ3v) is 4.55. The summed E-state index contributed by atoms with van der Waals surface area (Å²) in [6.45, 7) is 5.19. The molecule has 4 heteroatoms. The average molecular weight is 327 g/mol. The normalized spacial score (nSPS) is 18.0. The first kappa shape index (κ1) is 20.4. The summed E-state index contributed by atoms with van der Waals surface area (Å²) in [6.07, 6.45) is 15.9. The molecule has 1 saturated heterocycles. The van der Waals surface area contributed by atoms with E-state index in [0.29, 0.717) is 13.2 Å². The molecule has 1 amide bonds. The first-order valence-corrected chi connectivity index (χ1v) is 9.94. The van der Waals surface area contributed by atoms with Crippen LogP contribution in [0.2, 0.25) is 0 Å². The van der Waals surface area contributed by atoms with Crippen LogP contribution < -0.4 is 10.6 Å². The van der Waals surface area contributed by atoms with Crippen LogP contribution in [0.15, 0.2) is 0 Å². The quantitative estimate of drug-likeness (QED) is 0.477. The lowest BCUT2D eigenvalue weighted by Gasteiger charge is -2.22. The van der Waals surface area contributed by atoms with Gasteiger partial charge in [-0.2, -0.15) is 0 Å². The van der Waals surface area contributed by atoms with Crippen LogP contribution in [0.4, 0.5) is 0 Å². The van der Waals surface area contributed by atoms with Gasteiger partial charge in [0.15, 0.2) is 0 Å². The molecule has 136 valence electrons. The Kier molecular flexibility index (Phi) is 13.3. The summed E-state index contributed by atoms with van der Waals surface area (Å²) in [5.74, 6) is 0.0419. The van der Waals surface area contributed by atoms with Gasteiger partial charge in [-0.15, -0.1) is 0 Å². The largest absolute Gasteiger partial charge is 0.366 e. The fraction of sp³-hybridized carbons (Fsp3) is 0.947. The van der Waals surface area contributed by atoms with E-state index in [0.717, 1.165) is 19.5 Å². The topological polar surface area (TPSA) is 50.4 Å². The molecule has 0 bridgehead atoms. The second-order valence-electron chi connectivity index (χ2n) is 6.74. The number of unbranched alkanes of at least 4 members (excludes halogenated alkanes) is 11. The van der Waals surface area contributed by atoms with Crippen LogP contribution in [0.3, 0.4) is 0 Å². The summed E-state index contributed by atoms with van der Waals surface area (Å²) in [7, 11) is 0. The van der Waals surface area contributed by atoms with E-state index >= 15 is 0 Å². The molecule has 1 atom stereocenters. The minimum atomic E-state index is -0.291. The van der Waals surface area contributed by atoms with Crippen molar-refractivity contribution >= 4 is 5.91 Å². The fourth-order valence-electron chi connectivity index (χ4n) is 3.03. The number of carbonyl (C=O) groups is 1. The molecule has 0 aromatic rings. The monoisotopic (exact) mass is 326 g/mol. The summed E-state index contributed by atoms with van der Waals surface area (Å²) in [6, 6.07) is 0. The van der Waals surface area contributed by atoms with Gasteiger partial charge in [0.25, 0.3) is 0 Å². The second-order valence-corrected chi connectivity index (χ2v) is 6.74. The Bertz CT molecular complexity index is 279. The van der Waals surface area contributed by atoms with Gasteiger partial charge in [0.1, 0.15) is 6.10 Å². The van der Waals surface area contributed by atoms with Crippen molar-refractivity contribution in [3.05, 3.63) is 0 Å². The number of hydrogen-bond acceptors (Lipinski definition) is 3. The molecule has 0 radical (unpaired) electrons. The highest BCUT2D eigenvalue weighted by Gasteiger charge is 2.20. The summed E-state index contributed by atoms with van der Waals surface area (Å²) < 4.78 is 5.43. The van der Waals surface area contributed by atoms with Gasteiger partial charge in [-0.3, -0.25) is 4.79 Å². The third-order valence-electron chi connectivity index (χ3n) is 4.55. The smallest absolute Gasteiger partial charge is 0.250 e. The van der Waals surface area contributed by atoms with Crippen molar-refractivity contribution in [2.24, 2.45) is 0 Å². The van der Waals surface area contributed by atoms with E-state index < -0.39 is 0 Å². The number of morpholine rings is 1. The number of carbonyl (C=O) groups excluding carboxylic acids is 1. The molecule has 1 fully saturated rings. The number of nitrogens with one attached hydrogen (secondary N) is 2. The van der Waals surface area contributed by atoms with Gasteiger partial charge in [0.05, 0.1) is 6.61 Å². The maximum atomic E-state index is 11.8. The third kappa shape index (κ3) is 11.5. The molecule has 1 aliphatic heterocycles. The van der Waals surface area contributed by atoms with E-state index in [1.54, 1.807) is 0 Å². The van der Waals surface area contributed by atoms with Crippen LogP contribution >= 0.6 is 0 Å². The number of hydrogen-bond donors (Lipinski definition) is 2. The first-order chi connectivity index (χ1) is 11.3. The molecule has 0 unspecified atom stereocenters. The van der Waals surface area contributed by atoms with Gasteiger partial charge in [-0.1, -0.05) is 77.6 Å². The molecule has 0 aromatic heterocycles. The van der Waals surface area contributed by atoms with Crippen LogP contribution in [0.1, 0.15) is 84.0 Å². The molecular weight excluding hydrogens is 288 g/mol. The van der Waals surface area contributed by atoms with Crippen LogP contribution in [0.25, 0.3) is 0 Å². The Hall–Kier alpha value is -0.610.